The topological polar surface area (TPSA) is 282 Å². The van der Waals surface area contributed by atoms with E-state index in [9.17, 15) is 53.3 Å². The molecule has 0 aromatic carbocycles. The molecular formula is C15H21FN2Na2O16P2. The van der Waals surface area contributed by atoms with Gasteiger partial charge in [-0.05, 0) is 0 Å². The maximum absolute atomic E-state index is 14.1. The van der Waals surface area contributed by atoms with Gasteiger partial charge in [-0.1, -0.05) is 0 Å². The number of aliphatic hydroxyl groups excluding tert-OH is 5. The van der Waals surface area contributed by atoms with Crippen molar-refractivity contribution in [2.75, 3.05) is 13.2 Å². The molecule has 0 amide bonds. The summed E-state index contributed by atoms with van der Waals surface area (Å²) in [4.78, 5) is 48.8. The minimum absolute atomic E-state index is 0. The molecule has 0 spiro atoms. The van der Waals surface area contributed by atoms with E-state index in [1.54, 1.807) is 0 Å². The van der Waals surface area contributed by atoms with Gasteiger partial charge < -0.3 is 49.3 Å². The molecule has 1 aromatic rings. The quantitative estimate of drug-likeness (QED) is 0.111. The van der Waals surface area contributed by atoms with Crippen molar-refractivity contribution in [3.8, 4) is 0 Å². The molecule has 0 saturated carbocycles. The average molecular weight is 612 g/mol. The van der Waals surface area contributed by atoms with Gasteiger partial charge in [-0.15, -0.1) is 0 Å². The van der Waals surface area contributed by atoms with E-state index in [1.807, 2.05) is 4.98 Å². The number of phosphoric ester groups is 2. The molecule has 11 atom stereocenters. The molecule has 0 aliphatic carbocycles. The standard InChI is InChI=1S/C15H23FN2O16P2.2Na/c16-8-11(23)9(21)5(3-19)32-14(8)33-36(28,29)34-35(26,27)30-4-6-10(22)12(24)13(31-6)18-2-1-7(20)17-15(18)25;;/h1-2,5-6,8-14,19,21-24H,3-4H2,(H,26,27)(H,28,29)(H,17,20,25);;/q;2*+1/p-2/t5-,6-,8-,9-,10-,11-,12-,13-,14?;;/m1../s1. The van der Waals surface area contributed by atoms with Crippen LogP contribution in [0.5, 0.6) is 0 Å². The molecule has 1 aromatic heterocycles. The van der Waals surface area contributed by atoms with Crippen molar-refractivity contribution in [3.05, 3.63) is 33.1 Å². The molecule has 2 fully saturated rings. The molecule has 18 nitrogen and oxygen atoms in total. The normalized spacial score (nSPS) is 36.4. The van der Waals surface area contributed by atoms with Crippen LogP contribution in [-0.2, 0) is 32.0 Å². The molecular weight excluding hydrogens is 591 g/mol. The van der Waals surface area contributed by atoms with Gasteiger partial charge in [0.2, 0.25) is 0 Å². The van der Waals surface area contributed by atoms with Crippen LogP contribution in [0, 0.1) is 0 Å². The summed E-state index contributed by atoms with van der Waals surface area (Å²) >= 11 is 0. The molecule has 0 bridgehead atoms. The fraction of sp³-hybridized carbons (Fsp3) is 0.733. The van der Waals surface area contributed by atoms with Crippen molar-refractivity contribution in [2.24, 2.45) is 0 Å². The number of halogens is 1. The van der Waals surface area contributed by atoms with E-state index in [0.29, 0.717) is 4.57 Å². The number of aromatic amines is 1. The van der Waals surface area contributed by atoms with E-state index in [4.69, 9.17) is 9.84 Å². The van der Waals surface area contributed by atoms with E-state index in [1.165, 1.54) is 0 Å². The average Bonchev–Trinajstić information content (AvgIpc) is 3.06. The van der Waals surface area contributed by atoms with Gasteiger partial charge in [0.05, 0.1) is 13.2 Å². The van der Waals surface area contributed by atoms with Crippen molar-refractivity contribution in [1.29, 1.82) is 0 Å². The number of hydrogen-bond donors (Lipinski definition) is 6. The summed E-state index contributed by atoms with van der Waals surface area (Å²) in [7, 11) is -11.8. The Bertz CT molecular complexity index is 1140. The zero-order valence-electron chi connectivity index (χ0n) is 19.7. The summed E-state index contributed by atoms with van der Waals surface area (Å²) in [5.41, 5.74) is -1.80. The Morgan fingerprint density at radius 3 is 2.18 bits per heavy atom. The number of rotatable bonds is 9. The van der Waals surface area contributed by atoms with Crippen LogP contribution in [0.25, 0.3) is 0 Å². The molecule has 3 rings (SSSR count). The summed E-state index contributed by atoms with van der Waals surface area (Å²) < 4.78 is 60.7. The van der Waals surface area contributed by atoms with Crippen LogP contribution in [0.4, 0.5) is 4.39 Å². The molecule has 0 radical (unpaired) electrons. The second kappa shape index (κ2) is 14.7. The largest absolute Gasteiger partial charge is 1.00 e. The number of aromatic nitrogens is 2. The minimum atomic E-state index is -5.98. The number of ether oxygens (including phenoxy) is 2. The smallest absolute Gasteiger partial charge is 0.756 e. The Hall–Kier alpha value is 0.590. The van der Waals surface area contributed by atoms with Crippen molar-refractivity contribution in [3.63, 3.8) is 0 Å². The number of H-pyrrole nitrogens is 1. The van der Waals surface area contributed by atoms with Crippen molar-refractivity contribution in [1.82, 2.24) is 9.55 Å². The van der Waals surface area contributed by atoms with E-state index >= 15 is 0 Å². The Labute approximate surface area is 256 Å². The minimum Gasteiger partial charge on any atom is -0.756 e. The molecule has 6 N–H and O–H groups in total. The second-order valence-electron chi connectivity index (χ2n) is 7.59. The van der Waals surface area contributed by atoms with Gasteiger partial charge in [0, 0.05) is 12.3 Å². The fourth-order valence-corrected chi connectivity index (χ4v) is 5.39. The van der Waals surface area contributed by atoms with Crippen molar-refractivity contribution < 1.29 is 131 Å². The number of nitrogens with one attached hydrogen (secondary N) is 1. The van der Waals surface area contributed by atoms with E-state index in [-0.39, 0.29) is 59.1 Å². The number of hydrogen-bond acceptors (Lipinski definition) is 16. The second-order valence-corrected chi connectivity index (χ2v) is 10.5. The van der Waals surface area contributed by atoms with Crippen LogP contribution in [0.2, 0.25) is 0 Å². The van der Waals surface area contributed by atoms with Crippen LogP contribution < -0.4 is 80.2 Å². The first-order valence-corrected chi connectivity index (χ1v) is 12.8. The van der Waals surface area contributed by atoms with Crippen LogP contribution in [-0.4, -0.2) is 97.4 Å². The van der Waals surface area contributed by atoms with Gasteiger partial charge in [0.15, 0.2) is 18.7 Å². The first-order valence-electron chi connectivity index (χ1n) is 9.92. The first kappa shape index (κ1) is 36.6. The summed E-state index contributed by atoms with van der Waals surface area (Å²) in [6, 6.07) is 0.902. The summed E-state index contributed by atoms with van der Waals surface area (Å²) in [5.74, 6) is 0. The number of nitrogens with zero attached hydrogens (tertiary/aromatic N) is 1. The van der Waals surface area contributed by atoms with Crippen LogP contribution in [0.3, 0.4) is 0 Å². The summed E-state index contributed by atoms with van der Waals surface area (Å²) in [6.45, 7) is -2.13. The third-order valence-electron chi connectivity index (χ3n) is 5.10. The molecule has 3 unspecified atom stereocenters. The monoisotopic (exact) mass is 612 g/mol. The molecule has 2 aliphatic heterocycles. The third kappa shape index (κ3) is 8.80. The van der Waals surface area contributed by atoms with Crippen molar-refractivity contribution in [2.45, 2.75) is 55.3 Å². The predicted molar refractivity (Wildman–Crippen MR) is 103 cm³/mol. The first-order chi connectivity index (χ1) is 16.7. The number of alkyl halides is 1. The third-order valence-corrected chi connectivity index (χ3v) is 7.63. The fourth-order valence-electron chi connectivity index (χ4n) is 3.31. The molecule has 2 saturated heterocycles. The van der Waals surface area contributed by atoms with Gasteiger partial charge in [0.1, 0.15) is 36.6 Å². The maximum atomic E-state index is 14.1. The van der Waals surface area contributed by atoms with Gasteiger partial charge >= 0.3 is 64.8 Å². The SMILES string of the molecule is O=c1ccn([C@@H]2O[C@H](COP(=O)([O-])OP(=O)([O-])OC3O[C@H](CO)[C@@H](O)[C@H](O)[C@H]3F)[C@@H](O)[C@H]2O)c(=O)[nH]1.[Na+].[Na+]. The van der Waals surface area contributed by atoms with Gasteiger partial charge in [-0.25, -0.2) is 13.5 Å². The summed E-state index contributed by atoms with van der Waals surface area (Å²) in [5, 5.41) is 48.3. The Morgan fingerprint density at radius 2 is 1.61 bits per heavy atom. The summed E-state index contributed by atoms with van der Waals surface area (Å²) in [6.07, 6.45) is -17.1. The number of phosphoric acid groups is 2. The van der Waals surface area contributed by atoms with Crippen LogP contribution in [0.1, 0.15) is 6.23 Å². The van der Waals surface area contributed by atoms with Gasteiger partial charge in [-0.3, -0.25) is 28.0 Å². The van der Waals surface area contributed by atoms with E-state index < -0.39 is 95.4 Å². The molecule has 38 heavy (non-hydrogen) atoms. The maximum Gasteiger partial charge on any atom is 1.00 e. The molecule has 3 heterocycles. The van der Waals surface area contributed by atoms with Gasteiger partial charge in [0.25, 0.3) is 21.2 Å². The van der Waals surface area contributed by atoms with Crippen molar-refractivity contribution >= 4 is 15.6 Å². The number of aliphatic hydroxyl groups is 5. The Balaban J connectivity index is 0.00000361. The molecule has 206 valence electrons. The Kier molecular flexibility index (Phi) is 14.1. The van der Waals surface area contributed by atoms with Gasteiger partial charge in [-0.2, -0.15) is 0 Å². The van der Waals surface area contributed by atoms with Crippen LogP contribution >= 0.6 is 15.6 Å². The molecule has 2 aliphatic rings. The van der Waals surface area contributed by atoms with Crippen LogP contribution in [0.15, 0.2) is 21.9 Å². The zero-order chi connectivity index (χ0) is 27.0. The predicted octanol–water partition coefficient (Wildman–Crippen LogP) is -11.1. The Morgan fingerprint density at radius 1 is 1.00 bits per heavy atom. The van der Waals surface area contributed by atoms with E-state index in [0.717, 1.165) is 12.3 Å². The zero-order valence-corrected chi connectivity index (χ0v) is 25.5. The van der Waals surface area contributed by atoms with E-state index in [2.05, 4.69) is 18.1 Å². The molecule has 23 heteroatoms.